The van der Waals surface area contributed by atoms with E-state index in [1.54, 1.807) is 19.3 Å². The fourth-order valence-electron chi connectivity index (χ4n) is 4.83. The minimum Gasteiger partial charge on any atom is -0.369 e. The monoisotopic (exact) mass is 514 g/mol. The van der Waals surface area contributed by atoms with Gasteiger partial charge in [0.1, 0.15) is 5.69 Å². The average molecular weight is 515 g/mol. The number of carbonyl (C=O) groups excluding carboxylic acids is 2. The van der Waals surface area contributed by atoms with Crippen LogP contribution >= 0.6 is 11.3 Å². The number of likely N-dealkylation sites (N-methyl/N-ethyl adjacent to an activating group) is 1. The molecule has 1 aliphatic heterocycles. The Balaban J connectivity index is 1.23. The van der Waals surface area contributed by atoms with Crippen molar-refractivity contribution in [2.45, 2.75) is 0 Å². The summed E-state index contributed by atoms with van der Waals surface area (Å²) in [6.07, 6.45) is 1.66. The van der Waals surface area contributed by atoms with E-state index in [0.717, 1.165) is 37.3 Å². The van der Waals surface area contributed by atoms with Crippen molar-refractivity contribution in [3.63, 3.8) is 0 Å². The number of amides is 2. The number of H-pyrrole nitrogens is 1. The molecule has 0 saturated carbocycles. The number of hydrazine groups is 1. The van der Waals surface area contributed by atoms with Crippen LogP contribution in [0.1, 0.15) is 15.9 Å². The van der Waals surface area contributed by atoms with Crippen LogP contribution in [0.3, 0.4) is 0 Å². The van der Waals surface area contributed by atoms with E-state index in [1.807, 2.05) is 29.6 Å². The number of hydrogen-bond donors (Lipinski definition) is 3. The van der Waals surface area contributed by atoms with Crippen molar-refractivity contribution in [1.29, 1.82) is 0 Å². The molecule has 1 saturated heterocycles. The Morgan fingerprint density at radius 1 is 1.08 bits per heavy atom. The van der Waals surface area contributed by atoms with Crippen LogP contribution in [0.5, 0.6) is 0 Å². The molecule has 3 N–H and O–H groups in total. The Hall–Kier alpha value is -4.22. The number of hydrogen-bond acceptors (Lipinski definition) is 8. The zero-order valence-electron chi connectivity index (χ0n) is 20.5. The van der Waals surface area contributed by atoms with Crippen LogP contribution in [0.25, 0.3) is 22.5 Å². The maximum atomic E-state index is 13.6. The molecule has 0 unspecified atom stereocenters. The number of piperazine rings is 1. The second-order valence-corrected chi connectivity index (χ2v) is 10.0. The molecule has 2 aromatic carbocycles. The zero-order valence-corrected chi connectivity index (χ0v) is 21.3. The number of anilines is 3. The highest BCUT2D eigenvalue weighted by atomic mass is 32.1. The molecule has 6 rings (SSSR count). The van der Waals surface area contributed by atoms with Gasteiger partial charge in [-0.1, -0.05) is 24.3 Å². The largest absolute Gasteiger partial charge is 0.369 e. The number of ketones is 1. The van der Waals surface area contributed by atoms with Crippen molar-refractivity contribution in [2.75, 3.05) is 55.5 Å². The lowest BCUT2D eigenvalue weighted by Crippen LogP contribution is -2.44. The average Bonchev–Trinajstić information content (AvgIpc) is 3.64. The number of nitrogens with one attached hydrogen (secondary N) is 3. The van der Waals surface area contributed by atoms with Gasteiger partial charge in [-0.2, -0.15) is 5.10 Å². The maximum Gasteiger partial charge on any atom is 0.338 e. The second-order valence-electron chi connectivity index (χ2n) is 9.16. The Bertz CT molecular complexity index is 1460. The summed E-state index contributed by atoms with van der Waals surface area (Å²) in [5, 5.41) is 14.4. The third-order valence-electron chi connectivity index (χ3n) is 6.79. The number of rotatable bonds is 5. The van der Waals surface area contributed by atoms with Gasteiger partial charge in [0.05, 0.1) is 22.5 Å². The van der Waals surface area contributed by atoms with E-state index in [0.29, 0.717) is 33.3 Å². The van der Waals surface area contributed by atoms with Gasteiger partial charge in [0.15, 0.2) is 5.78 Å². The first-order valence-electron chi connectivity index (χ1n) is 12.0. The van der Waals surface area contributed by atoms with Gasteiger partial charge in [-0.25, -0.2) is 15.2 Å². The highest BCUT2D eigenvalue weighted by Gasteiger charge is 2.35. The number of benzene rings is 2. The molecule has 1 aliphatic carbocycles. The Morgan fingerprint density at radius 3 is 2.59 bits per heavy atom. The number of aromatic amines is 1. The normalized spacial score (nSPS) is 14.9. The quantitative estimate of drug-likeness (QED) is 0.307. The molecule has 0 atom stereocenters. The van der Waals surface area contributed by atoms with Crippen LogP contribution in [-0.2, 0) is 0 Å². The first-order chi connectivity index (χ1) is 18.0. The number of fused-ring (bicyclic) bond motifs is 3. The van der Waals surface area contributed by atoms with Gasteiger partial charge in [-0.15, -0.1) is 11.3 Å². The minimum atomic E-state index is -0.465. The Kier molecular flexibility index (Phi) is 5.85. The van der Waals surface area contributed by atoms with Gasteiger partial charge in [0.2, 0.25) is 5.13 Å². The molecule has 37 heavy (non-hydrogen) atoms. The summed E-state index contributed by atoms with van der Waals surface area (Å²) in [4.78, 5) is 35.2. The summed E-state index contributed by atoms with van der Waals surface area (Å²) in [5.74, 6) is -0.166. The molecule has 0 spiro atoms. The van der Waals surface area contributed by atoms with Gasteiger partial charge in [0, 0.05) is 61.6 Å². The summed E-state index contributed by atoms with van der Waals surface area (Å²) < 4.78 is 0. The van der Waals surface area contributed by atoms with E-state index >= 15 is 0 Å². The van der Waals surface area contributed by atoms with Crippen LogP contribution < -0.4 is 20.7 Å². The van der Waals surface area contributed by atoms with Crippen LogP contribution in [0.2, 0.25) is 0 Å². The van der Waals surface area contributed by atoms with Gasteiger partial charge < -0.3 is 15.1 Å². The Labute approximate surface area is 217 Å². The lowest BCUT2D eigenvalue weighted by atomic mass is 10.0. The third-order valence-corrected chi connectivity index (χ3v) is 7.63. The topological polar surface area (TPSA) is 109 Å². The lowest BCUT2D eigenvalue weighted by Gasteiger charge is -2.34. The first kappa shape index (κ1) is 23.2. The predicted molar refractivity (Wildman–Crippen MR) is 145 cm³/mol. The van der Waals surface area contributed by atoms with Crippen LogP contribution in [-0.4, -0.2) is 72.2 Å². The maximum absolute atomic E-state index is 13.6. The third kappa shape index (κ3) is 4.21. The number of nitrogens with zero attached hydrogens (tertiary/aromatic N) is 5. The minimum absolute atomic E-state index is 0.166. The molecule has 2 aromatic heterocycles. The van der Waals surface area contributed by atoms with Crippen LogP contribution in [0.4, 0.5) is 21.3 Å². The molecule has 11 heteroatoms. The second kappa shape index (κ2) is 9.34. The molecular formula is C26H26N8O2S. The molecule has 10 nitrogen and oxygen atoms in total. The molecule has 2 aliphatic rings. The van der Waals surface area contributed by atoms with E-state index < -0.39 is 6.03 Å². The lowest BCUT2D eigenvalue weighted by molar-refractivity contribution is 0.104. The highest BCUT2D eigenvalue weighted by Crippen LogP contribution is 2.43. The number of urea groups is 1. The van der Waals surface area contributed by atoms with Crippen molar-refractivity contribution in [3.8, 4) is 22.5 Å². The van der Waals surface area contributed by atoms with Crippen molar-refractivity contribution < 1.29 is 9.59 Å². The van der Waals surface area contributed by atoms with Gasteiger partial charge in [0.25, 0.3) is 0 Å². The molecule has 1 fully saturated rings. The zero-order chi connectivity index (χ0) is 25.5. The standard InChI is InChI=1S/C26H26N8O2S/c1-32-11-13-34(14-12-32)17-8-6-16(7-9-17)22-21-23(30-29-22)18-4-3-5-19(20(18)24(21)35)28-25(36)31-33(2)26-27-10-15-37-26/h3-10,15H,11-14H2,1-2H3,(H,29,30)(H2,28,31,36). The molecular weight excluding hydrogens is 488 g/mol. The molecule has 4 aromatic rings. The summed E-state index contributed by atoms with van der Waals surface area (Å²) in [6.45, 7) is 4.06. The van der Waals surface area contributed by atoms with Crippen molar-refractivity contribution in [3.05, 3.63) is 65.2 Å². The summed E-state index contributed by atoms with van der Waals surface area (Å²) in [6, 6.07) is 13.1. The smallest absolute Gasteiger partial charge is 0.338 e. The molecule has 0 bridgehead atoms. The molecule has 3 heterocycles. The van der Waals surface area contributed by atoms with Gasteiger partial charge in [-0.05, 0) is 25.2 Å². The van der Waals surface area contributed by atoms with E-state index in [1.165, 1.54) is 22.0 Å². The van der Waals surface area contributed by atoms with Crippen LogP contribution in [0.15, 0.2) is 54.0 Å². The SMILES string of the molecule is CN1CCN(c2ccc(-c3n[nH]c4c3C(=O)c3c(NC(=O)NN(C)c5nccs5)cccc3-4)cc2)CC1. The summed E-state index contributed by atoms with van der Waals surface area (Å²) in [7, 11) is 3.85. The van der Waals surface area contributed by atoms with Crippen LogP contribution in [0, 0.1) is 0 Å². The van der Waals surface area contributed by atoms with Gasteiger partial charge in [-0.3, -0.25) is 14.9 Å². The van der Waals surface area contributed by atoms with E-state index in [2.05, 4.69) is 54.9 Å². The van der Waals surface area contributed by atoms with E-state index in [9.17, 15) is 9.59 Å². The molecule has 2 amide bonds. The van der Waals surface area contributed by atoms with E-state index in [-0.39, 0.29) is 5.78 Å². The molecule has 188 valence electrons. The summed E-state index contributed by atoms with van der Waals surface area (Å²) >= 11 is 1.40. The summed E-state index contributed by atoms with van der Waals surface area (Å²) in [5.41, 5.74) is 8.17. The number of thiazole rings is 1. The molecule has 0 radical (unpaired) electrons. The highest BCUT2D eigenvalue weighted by molar-refractivity contribution is 7.13. The fraction of sp³-hybridized carbons (Fsp3) is 0.231. The first-order valence-corrected chi connectivity index (χ1v) is 12.9. The van der Waals surface area contributed by atoms with Gasteiger partial charge >= 0.3 is 6.03 Å². The van der Waals surface area contributed by atoms with Crippen molar-refractivity contribution in [1.82, 2.24) is 25.5 Å². The number of carbonyl (C=O) groups is 2. The number of aromatic nitrogens is 3. The van der Waals surface area contributed by atoms with Crippen molar-refractivity contribution in [2.24, 2.45) is 0 Å². The fourth-order valence-corrected chi connectivity index (χ4v) is 5.40. The predicted octanol–water partition coefficient (Wildman–Crippen LogP) is 3.67. The van der Waals surface area contributed by atoms with Crippen molar-refractivity contribution >= 4 is 39.7 Å². The Morgan fingerprint density at radius 2 is 1.86 bits per heavy atom. The van der Waals surface area contributed by atoms with E-state index in [4.69, 9.17) is 0 Å².